The van der Waals surface area contributed by atoms with Gasteiger partial charge in [0.05, 0.1) is 21.7 Å². The smallest absolute Gasteiger partial charge is 0.315 e. The zero-order chi connectivity index (χ0) is 20.0. The molecule has 0 aromatic heterocycles. The van der Waals surface area contributed by atoms with Crippen LogP contribution >= 0.6 is 0 Å². The Bertz CT molecular complexity index is 1170. The number of nitrogens with one attached hydrogen (secondary N) is 1. The van der Waals surface area contributed by atoms with Crippen LogP contribution in [0, 0.1) is 10.1 Å². The van der Waals surface area contributed by atoms with Crippen LogP contribution in [-0.2, 0) is 0 Å². The fraction of sp³-hybridized carbons (Fsp3) is 0. The van der Waals surface area contributed by atoms with Crippen LogP contribution in [0.2, 0.25) is 0 Å². The average molecular weight is 376 g/mol. The summed E-state index contributed by atoms with van der Waals surface area (Å²) in [6.07, 6.45) is 0. The number of nitrogens with zero attached hydrogens (tertiary/aromatic N) is 1. The van der Waals surface area contributed by atoms with E-state index in [1.807, 2.05) is 6.07 Å². The van der Waals surface area contributed by atoms with Crippen molar-refractivity contribution in [2.75, 3.05) is 5.32 Å². The molecule has 0 fully saturated rings. The summed E-state index contributed by atoms with van der Waals surface area (Å²) in [6.45, 7) is 0. The Morgan fingerprint density at radius 2 is 1.50 bits per heavy atom. The van der Waals surface area contributed by atoms with Gasteiger partial charge in [0, 0.05) is 22.9 Å². The van der Waals surface area contributed by atoms with Gasteiger partial charge in [0.15, 0.2) is 17.3 Å². The number of anilines is 2. The summed E-state index contributed by atoms with van der Waals surface area (Å²) >= 11 is 0. The molecular weight excluding hydrogens is 364 g/mol. The molecule has 0 aliphatic heterocycles. The Morgan fingerprint density at radius 3 is 2.18 bits per heavy atom. The highest BCUT2D eigenvalue weighted by Gasteiger charge is 2.38. The molecule has 0 saturated heterocycles. The topological polar surface area (TPSA) is 130 Å². The number of hydrogen-bond acceptors (Lipinski definition) is 7. The highest BCUT2D eigenvalue weighted by molar-refractivity contribution is 6.31. The highest BCUT2D eigenvalue weighted by Crippen LogP contribution is 2.45. The predicted octanol–water partition coefficient (Wildman–Crippen LogP) is 3.53. The summed E-state index contributed by atoms with van der Waals surface area (Å²) in [5, 5.41) is 34.2. The van der Waals surface area contributed by atoms with Gasteiger partial charge in [-0.2, -0.15) is 0 Å². The van der Waals surface area contributed by atoms with E-state index in [-0.39, 0.29) is 16.7 Å². The molecule has 3 N–H and O–H groups in total. The Kier molecular flexibility index (Phi) is 3.82. The first-order valence-electron chi connectivity index (χ1n) is 8.18. The summed E-state index contributed by atoms with van der Waals surface area (Å²) in [4.78, 5) is 36.2. The van der Waals surface area contributed by atoms with Gasteiger partial charge < -0.3 is 15.5 Å². The fourth-order valence-corrected chi connectivity index (χ4v) is 3.23. The molecule has 0 saturated carbocycles. The van der Waals surface area contributed by atoms with E-state index in [4.69, 9.17) is 0 Å². The molecule has 8 heteroatoms. The summed E-state index contributed by atoms with van der Waals surface area (Å²) in [5.41, 5.74) is -0.525. The van der Waals surface area contributed by atoms with Gasteiger partial charge in [-0.15, -0.1) is 0 Å². The van der Waals surface area contributed by atoms with Gasteiger partial charge in [0.2, 0.25) is 5.75 Å². The van der Waals surface area contributed by atoms with E-state index < -0.39 is 39.2 Å². The summed E-state index contributed by atoms with van der Waals surface area (Å²) < 4.78 is 0. The largest absolute Gasteiger partial charge is 0.504 e. The van der Waals surface area contributed by atoms with Crippen LogP contribution < -0.4 is 5.32 Å². The SMILES string of the molecule is O=C1c2cc([N+](=O)[O-])c(O)c(O)c2C(=O)c2cccc(Nc3ccccc3)c21. The fourth-order valence-electron chi connectivity index (χ4n) is 3.23. The van der Waals surface area contributed by atoms with Gasteiger partial charge >= 0.3 is 5.69 Å². The van der Waals surface area contributed by atoms with E-state index in [1.54, 1.807) is 36.4 Å². The number of nitro benzene ring substituents is 1. The van der Waals surface area contributed by atoms with Crippen LogP contribution in [0.4, 0.5) is 17.1 Å². The number of carbonyl (C=O) groups is 2. The first kappa shape index (κ1) is 17.2. The molecule has 3 aromatic rings. The quantitative estimate of drug-likeness (QED) is 0.283. The molecule has 28 heavy (non-hydrogen) atoms. The van der Waals surface area contributed by atoms with Crippen molar-refractivity contribution < 1.29 is 24.7 Å². The number of fused-ring (bicyclic) bond motifs is 2. The molecule has 0 radical (unpaired) electrons. The maximum atomic E-state index is 13.1. The van der Waals surface area contributed by atoms with Crippen molar-refractivity contribution in [1.82, 2.24) is 0 Å². The molecule has 0 bridgehead atoms. The van der Waals surface area contributed by atoms with Gasteiger partial charge in [-0.05, 0) is 18.2 Å². The van der Waals surface area contributed by atoms with Crippen molar-refractivity contribution in [3.63, 3.8) is 0 Å². The Labute approximate surface area is 157 Å². The number of ketones is 2. The second-order valence-corrected chi connectivity index (χ2v) is 6.15. The number of benzene rings is 3. The zero-order valence-corrected chi connectivity index (χ0v) is 14.2. The van der Waals surface area contributed by atoms with Gasteiger partial charge in [0.1, 0.15) is 0 Å². The maximum absolute atomic E-state index is 13.1. The van der Waals surface area contributed by atoms with Crippen molar-refractivity contribution in [1.29, 1.82) is 0 Å². The molecule has 0 spiro atoms. The Balaban J connectivity index is 1.93. The van der Waals surface area contributed by atoms with Crippen LogP contribution in [0.5, 0.6) is 11.5 Å². The number of phenolic OH excluding ortho intramolecular Hbond substituents is 2. The number of nitro groups is 1. The lowest BCUT2D eigenvalue weighted by atomic mass is 9.82. The third-order valence-electron chi connectivity index (χ3n) is 4.51. The molecule has 0 atom stereocenters. The normalized spacial score (nSPS) is 12.3. The van der Waals surface area contributed by atoms with Crippen molar-refractivity contribution in [2.24, 2.45) is 0 Å². The zero-order valence-electron chi connectivity index (χ0n) is 14.2. The number of hydrogen-bond donors (Lipinski definition) is 3. The van der Waals surface area contributed by atoms with Gasteiger partial charge in [-0.3, -0.25) is 19.7 Å². The van der Waals surface area contributed by atoms with E-state index >= 15 is 0 Å². The van der Waals surface area contributed by atoms with Crippen LogP contribution in [0.15, 0.2) is 54.6 Å². The monoisotopic (exact) mass is 376 g/mol. The maximum Gasteiger partial charge on any atom is 0.315 e. The first-order chi connectivity index (χ1) is 13.4. The van der Waals surface area contributed by atoms with Crippen molar-refractivity contribution in [3.8, 4) is 11.5 Å². The molecular formula is C20H12N2O6. The van der Waals surface area contributed by atoms with Crippen LogP contribution in [0.1, 0.15) is 31.8 Å². The van der Waals surface area contributed by atoms with E-state index in [0.717, 1.165) is 6.07 Å². The van der Waals surface area contributed by atoms with E-state index in [9.17, 15) is 29.9 Å². The minimum atomic E-state index is -1.05. The Hall–Kier alpha value is -4.20. The second-order valence-electron chi connectivity index (χ2n) is 6.15. The molecule has 1 aliphatic rings. The van der Waals surface area contributed by atoms with Crippen LogP contribution in [-0.4, -0.2) is 26.7 Å². The van der Waals surface area contributed by atoms with Crippen molar-refractivity contribution in [2.45, 2.75) is 0 Å². The van der Waals surface area contributed by atoms with E-state index in [1.165, 1.54) is 6.07 Å². The summed E-state index contributed by atoms with van der Waals surface area (Å²) in [5.74, 6) is -3.40. The van der Waals surface area contributed by atoms with Gasteiger partial charge in [-0.1, -0.05) is 30.3 Å². The summed E-state index contributed by atoms with van der Waals surface area (Å²) in [6, 6.07) is 14.4. The highest BCUT2D eigenvalue weighted by atomic mass is 16.6. The lowest BCUT2D eigenvalue weighted by molar-refractivity contribution is -0.386. The molecule has 1 aliphatic carbocycles. The average Bonchev–Trinajstić information content (AvgIpc) is 2.68. The molecule has 138 valence electrons. The number of aromatic hydroxyl groups is 2. The number of para-hydroxylation sites is 1. The number of phenols is 2. The Morgan fingerprint density at radius 1 is 0.821 bits per heavy atom. The van der Waals surface area contributed by atoms with Crippen molar-refractivity contribution in [3.05, 3.63) is 87.0 Å². The van der Waals surface area contributed by atoms with Gasteiger partial charge in [0.25, 0.3) is 0 Å². The summed E-state index contributed by atoms with van der Waals surface area (Å²) in [7, 11) is 0. The lowest BCUT2D eigenvalue weighted by Gasteiger charge is -2.21. The molecule has 0 amide bonds. The predicted molar refractivity (Wildman–Crippen MR) is 99.5 cm³/mol. The van der Waals surface area contributed by atoms with E-state index in [0.29, 0.717) is 11.4 Å². The van der Waals surface area contributed by atoms with Gasteiger partial charge in [-0.25, -0.2) is 0 Å². The minimum absolute atomic E-state index is 0.0296. The van der Waals surface area contributed by atoms with Crippen LogP contribution in [0.25, 0.3) is 0 Å². The molecule has 0 unspecified atom stereocenters. The molecule has 8 nitrogen and oxygen atoms in total. The number of carbonyl (C=O) groups excluding carboxylic acids is 2. The van der Waals surface area contributed by atoms with E-state index in [2.05, 4.69) is 5.32 Å². The molecule has 3 aromatic carbocycles. The first-order valence-corrected chi connectivity index (χ1v) is 8.18. The third-order valence-corrected chi connectivity index (χ3v) is 4.51. The lowest BCUT2D eigenvalue weighted by Crippen LogP contribution is -2.22. The molecule has 0 heterocycles. The minimum Gasteiger partial charge on any atom is -0.504 e. The second kappa shape index (κ2) is 6.20. The molecule has 4 rings (SSSR count). The standard InChI is InChI=1S/C20H12N2O6/c23-17-11-7-4-8-13(21-10-5-2-1-3-6-10)15(11)18(24)12-9-14(22(27)28)19(25)20(26)16(12)17/h1-9,21,25-26H. The van der Waals surface area contributed by atoms with Crippen molar-refractivity contribution >= 4 is 28.6 Å². The number of rotatable bonds is 3. The third kappa shape index (κ3) is 2.47. The van der Waals surface area contributed by atoms with Crippen LogP contribution in [0.3, 0.4) is 0 Å².